The van der Waals surface area contributed by atoms with Gasteiger partial charge in [-0.05, 0) is 43.4 Å². The largest absolute Gasteiger partial charge is 0.494 e. The zero-order chi connectivity index (χ0) is 19.0. The molecule has 2 heterocycles. The van der Waals surface area contributed by atoms with E-state index in [0.29, 0.717) is 12.3 Å². The number of benzene rings is 1. The van der Waals surface area contributed by atoms with Crippen molar-refractivity contribution >= 4 is 22.8 Å². The summed E-state index contributed by atoms with van der Waals surface area (Å²) in [6.45, 7) is 0.450. The Balaban J connectivity index is 1.59. The summed E-state index contributed by atoms with van der Waals surface area (Å²) in [4.78, 5) is 31.2. The summed E-state index contributed by atoms with van der Waals surface area (Å²) >= 11 is 0. The molecule has 0 radical (unpaired) electrons. The number of pyridine rings is 1. The SMILES string of the molecule is COc1ccc(CN(C)C(=O)[C@@H]2CC(=O)OC23CCCC3)c2cccnc12. The van der Waals surface area contributed by atoms with E-state index >= 15 is 0 Å². The van der Waals surface area contributed by atoms with Gasteiger partial charge in [0.15, 0.2) is 0 Å². The van der Waals surface area contributed by atoms with Crippen LogP contribution in [0.1, 0.15) is 37.7 Å². The van der Waals surface area contributed by atoms with Crippen molar-refractivity contribution in [3.63, 3.8) is 0 Å². The number of hydrogen-bond donors (Lipinski definition) is 0. The average molecular weight is 368 g/mol. The van der Waals surface area contributed by atoms with Gasteiger partial charge in [0.1, 0.15) is 16.9 Å². The van der Waals surface area contributed by atoms with Crippen molar-refractivity contribution in [3.8, 4) is 5.75 Å². The third-order valence-corrected chi connectivity index (χ3v) is 5.90. The second-order valence-corrected chi connectivity index (χ2v) is 7.52. The Morgan fingerprint density at radius 1 is 1.33 bits per heavy atom. The van der Waals surface area contributed by atoms with Crippen molar-refractivity contribution in [3.05, 3.63) is 36.0 Å². The van der Waals surface area contributed by atoms with Gasteiger partial charge in [-0.1, -0.05) is 12.1 Å². The number of esters is 1. The van der Waals surface area contributed by atoms with E-state index in [-0.39, 0.29) is 24.2 Å². The second kappa shape index (κ2) is 6.83. The molecule has 4 rings (SSSR count). The third-order valence-electron chi connectivity index (χ3n) is 5.90. The van der Waals surface area contributed by atoms with Crippen LogP contribution in [0, 0.1) is 5.92 Å². The zero-order valence-corrected chi connectivity index (χ0v) is 15.7. The minimum absolute atomic E-state index is 0.0180. The maximum Gasteiger partial charge on any atom is 0.307 e. The van der Waals surface area contributed by atoms with Crippen LogP contribution in [-0.2, 0) is 20.9 Å². The van der Waals surface area contributed by atoms with Gasteiger partial charge in [0.05, 0.1) is 19.4 Å². The van der Waals surface area contributed by atoms with Gasteiger partial charge in [0, 0.05) is 25.2 Å². The van der Waals surface area contributed by atoms with E-state index in [4.69, 9.17) is 9.47 Å². The lowest BCUT2D eigenvalue weighted by Gasteiger charge is -2.31. The minimum Gasteiger partial charge on any atom is -0.494 e. The molecule has 1 atom stereocenters. The van der Waals surface area contributed by atoms with Crippen LogP contribution in [0.5, 0.6) is 5.75 Å². The molecule has 1 amide bonds. The summed E-state index contributed by atoms with van der Waals surface area (Å²) in [6, 6.07) is 7.71. The minimum atomic E-state index is -0.577. The Kier molecular flexibility index (Phi) is 4.50. The van der Waals surface area contributed by atoms with Gasteiger partial charge in [0.25, 0.3) is 0 Å². The van der Waals surface area contributed by atoms with Crippen LogP contribution in [-0.4, -0.2) is 41.5 Å². The van der Waals surface area contributed by atoms with E-state index in [0.717, 1.165) is 42.1 Å². The van der Waals surface area contributed by atoms with Crippen molar-refractivity contribution in [1.29, 1.82) is 0 Å². The number of nitrogens with zero attached hydrogens (tertiary/aromatic N) is 2. The first kappa shape index (κ1) is 17.8. The van der Waals surface area contributed by atoms with Gasteiger partial charge < -0.3 is 14.4 Å². The van der Waals surface area contributed by atoms with Gasteiger partial charge in [-0.3, -0.25) is 14.6 Å². The first-order chi connectivity index (χ1) is 13.0. The van der Waals surface area contributed by atoms with E-state index in [2.05, 4.69) is 4.98 Å². The van der Waals surface area contributed by atoms with E-state index in [1.165, 1.54) is 0 Å². The summed E-state index contributed by atoms with van der Waals surface area (Å²) in [5, 5.41) is 0.964. The highest BCUT2D eigenvalue weighted by atomic mass is 16.6. The molecule has 1 aliphatic heterocycles. The van der Waals surface area contributed by atoms with Gasteiger partial charge in [-0.25, -0.2) is 0 Å². The van der Waals surface area contributed by atoms with E-state index in [1.54, 1.807) is 25.3 Å². The van der Waals surface area contributed by atoms with Crippen molar-refractivity contribution in [1.82, 2.24) is 9.88 Å². The van der Waals surface area contributed by atoms with Gasteiger partial charge in [-0.15, -0.1) is 0 Å². The summed E-state index contributed by atoms with van der Waals surface area (Å²) < 4.78 is 11.0. The molecule has 2 aromatic rings. The lowest BCUT2D eigenvalue weighted by Crippen LogP contribution is -2.43. The quantitative estimate of drug-likeness (QED) is 0.776. The third kappa shape index (κ3) is 3.03. The molecule has 1 saturated carbocycles. The first-order valence-corrected chi connectivity index (χ1v) is 9.41. The maximum atomic E-state index is 13.2. The molecular weight excluding hydrogens is 344 g/mol. The summed E-state index contributed by atoms with van der Waals surface area (Å²) in [6.07, 6.45) is 5.52. The average Bonchev–Trinajstić information content (AvgIpc) is 3.27. The number of aromatic nitrogens is 1. The van der Waals surface area contributed by atoms with Crippen LogP contribution in [0.15, 0.2) is 30.5 Å². The Labute approximate surface area is 158 Å². The molecule has 1 aromatic heterocycles. The summed E-state index contributed by atoms with van der Waals surface area (Å²) in [7, 11) is 3.41. The predicted octanol–water partition coefficient (Wildman–Crippen LogP) is 3.08. The topological polar surface area (TPSA) is 68.7 Å². The van der Waals surface area contributed by atoms with Crippen LogP contribution >= 0.6 is 0 Å². The van der Waals surface area contributed by atoms with E-state index in [9.17, 15) is 9.59 Å². The molecule has 1 aliphatic carbocycles. The number of rotatable bonds is 4. The second-order valence-electron chi connectivity index (χ2n) is 7.52. The molecular formula is C21H24N2O4. The fourth-order valence-electron chi connectivity index (χ4n) is 4.54. The Hall–Kier alpha value is -2.63. The standard InChI is InChI=1S/C21H24N2O4/c1-23(20(25)16-12-18(24)27-21(16)9-3-4-10-21)13-14-7-8-17(26-2)19-15(14)6-5-11-22-19/h5-8,11,16H,3-4,9-10,12-13H2,1-2H3/t16-/m0/s1. The number of ether oxygens (including phenoxy) is 2. The van der Waals surface area contributed by atoms with Crippen LogP contribution < -0.4 is 4.74 Å². The fourth-order valence-corrected chi connectivity index (χ4v) is 4.54. The van der Waals surface area contributed by atoms with Crippen molar-refractivity contribution in [2.24, 2.45) is 5.92 Å². The Morgan fingerprint density at radius 3 is 2.85 bits per heavy atom. The monoisotopic (exact) mass is 368 g/mol. The highest BCUT2D eigenvalue weighted by molar-refractivity contribution is 5.90. The van der Waals surface area contributed by atoms with Crippen molar-refractivity contribution in [2.45, 2.75) is 44.2 Å². The number of methoxy groups -OCH3 is 1. The van der Waals surface area contributed by atoms with Crippen molar-refractivity contribution in [2.75, 3.05) is 14.2 Å². The van der Waals surface area contributed by atoms with Crippen LogP contribution in [0.25, 0.3) is 10.9 Å². The van der Waals surface area contributed by atoms with E-state index < -0.39 is 5.60 Å². The number of carbonyl (C=O) groups is 2. The smallest absolute Gasteiger partial charge is 0.307 e. The Morgan fingerprint density at radius 2 is 2.11 bits per heavy atom. The number of hydrogen-bond acceptors (Lipinski definition) is 5. The van der Waals surface area contributed by atoms with Crippen LogP contribution in [0.4, 0.5) is 0 Å². The molecule has 2 fully saturated rings. The number of fused-ring (bicyclic) bond motifs is 1. The molecule has 1 spiro atoms. The summed E-state index contributed by atoms with van der Waals surface area (Å²) in [5.74, 6) is 0.0709. The fraction of sp³-hybridized carbons (Fsp3) is 0.476. The van der Waals surface area contributed by atoms with Crippen LogP contribution in [0.2, 0.25) is 0 Å². The first-order valence-electron chi connectivity index (χ1n) is 9.41. The molecule has 0 N–H and O–H groups in total. The van der Waals surface area contributed by atoms with Crippen molar-refractivity contribution < 1.29 is 19.1 Å². The molecule has 6 heteroatoms. The molecule has 142 valence electrons. The van der Waals surface area contributed by atoms with Gasteiger partial charge >= 0.3 is 5.97 Å². The highest BCUT2D eigenvalue weighted by Crippen LogP contribution is 2.46. The molecule has 1 aromatic carbocycles. The predicted molar refractivity (Wildman–Crippen MR) is 100 cm³/mol. The van der Waals surface area contributed by atoms with Crippen LogP contribution in [0.3, 0.4) is 0 Å². The lowest BCUT2D eigenvalue weighted by atomic mass is 9.84. The molecule has 0 unspecified atom stereocenters. The lowest BCUT2D eigenvalue weighted by molar-refractivity contribution is -0.151. The number of amides is 1. The Bertz CT molecular complexity index is 889. The normalized spacial score (nSPS) is 20.8. The molecule has 0 bridgehead atoms. The van der Waals surface area contributed by atoms with Gasteiger partial charge in [-0.2, -0.15) is 0 Å². The van der Waals surface area contributed by atoms with E-state index in [1.807, 2.05) is 24.3 Å². The maximum absolute atomic E-state index is 13.2. The van der Waals surface area contributed by atoms with Gasteiger partial charge in [0.2, 0.25) is 5.91 Å². The molecule has 1 saturated heterocycles. The molecule has 6 nitrogen and oxygen atoms in total. The highest BCUT2D eigenvalue weighted by Gasteiger charge is 2.54. The number of carbonyl (C=O) groups excluding carboxylic acids is 2. The summed E-state index contributed by atoms with van der Waals surface area (Å²) in [5.41, 5.74) is 1.21. The molecule has 2 aliphatic rings. The molecule has 27 heavy (non-hydrogen) atoms. The zero-order valence-electron chi connectivity index (χ0n) is 15.7.